The summed E-state index contributed by atoms with van der Waals surface area (Å²) in [5.41, 5.74) is 6.97. The lowest BCUT2D eigenvalue weighted by Gasteiger charge is -2.28. The van der Waals surface area contributed by atoms with Gasteiger partial charge < -0.3 is 30.7 Å². The number of benzene rings is 1. The van der Waals surface area contributed by atoms with Crippen LogP contribution in [0.4, 0.5) is 5.69 Å². The largest absolute Gasteiger partial charge is 0.398 e. The smallest absolute Gasteiger partial charge is 0.251 e. The first kappa shape index (κ1) is 26.4. The topological polar surface area (TPSA) is 123 Å². The minimum absolute atomic E-state index is 0.256. The molecule has 9 nitrogen and oxygen atoms in total. The number of nitrogens with one attached hydrogen (secondary N) is 2. The predicted octanol–water partition coefficient (Wildman–Crippen LogP) is 2.35. The van der Waals surface area contributed by atoms with Gasteiger partial charge in [0.25, 0.3) is 5.91 Å². The van der Waals surface area contributed by atoms with Gasteiger partial charge in [0.15, 0.2) is 6.29 Å². The minimum Gasteiger partial charge on any atom is -0.398 e. The van der Waals surface area contributed by atoms with Gasteiger partial charge in [-0.05, 0) is 44.4 Å². The number of carbonyl (C=O) groups excluding carboxylic acids is 3. The molecule has 4 atom stereocenters. The Morgan fingerprint density at radius 1 is 1.38 bits per heavy atom. The summed E-state index contributed by atoms with van der Waals surface area (Å²) in [6.07, 6.45) is 3.05. The van der Waals surface area contributed by atoms with E-state index in [-0.39, 0.29) is 22.9 Å². The zero-order valence-corrected chi connectivity index (χ0v) is 21.2. The molecule has 3 rings (SSSR count). The summed E-state index contributed by atoms with van der Waals surface area (Å²) in [6.45, 7) is 4.65. The van der Waals surface area contributed by atoms with Gasteiger partial charge in [0.05, 0.1) is 22.2 Å². The Morgan fingerprint density at radius 2 is 2.15 bits per heavy atom. The van der Waals surface area contributed by atoms with Crippen LogP contribution in [0.2, 0.25) is 5.02 Å². The maximum absolute atomic E-state index is 13.1. The Kier molecular flexibility index (Phi) is 9.31. The van der Waals surface area contributed by atoms with Gasteiger partial charge in [0.1, 0.15) is 12.1 Å². The number of nitrogens with two attached hydrogens (primary N) is 1. The van der Waals surface area contributed by atoms with Crippen molar-refractivity contribution in [2.24, 2.45) is 0 Å². The van der Waals surface area contributed by atoms with Crippen molar-refractivity contribution in [2.45, 2.75) is 70.4 Å². The van der Waals surface area contributed by atoms with Gasteiger partial charge >= 0.3 is 0 Å². The number of rotatable bonds is 9. The number of likely N-dealkylation sites (tertiary alicyclic amines) is 1. The maximum Gasteiger partial charge on any atom is 0.251 e. The van der Waals surface area contributed by atoms with Crippen LogP contribution in [-0.2, 0) is 19.1 Å². The molecule has 34 heavy (non-hydrogen) atoms. The molecule has 0 aliphatic carbocycles. The molecule has 0 saturated carbocycles. The number of nitrogen functional groups attached to an aromatic ring is 1. The monoisotopic (exact) mass is 510 g/mol. The Bertz CT molecular complexity index is 946. The molecular formula is C23H32ClN4O5P. The fourth-order valence-electron chi connectivity index (χ4n) is 4.02. The number of nitrogens with zero attached hydrogens (tertiary/aromatic N) is 1. The van der Waals surface area contributed by atoms with Gasteiger partial charge in [-0.2, -0.15) is 0 Å². The van der Waals surface area contributed by atoms with Crippen molar-refractivity contribution in [2.75, 3.05) is 18.9 Å². The lowest BCUT2D eigenvalue weighted by Crippen LogP contribution is -2.54. The van der Waals surface area contributed by atoms with Crippen molar-refractivity contribution in [3.05, 3.63) is 28.8 Å². The molecule has 1 aromatic carbocycles. The van der Waals surface area contributed by atoms with E-state index in [2.05, 4.69) is 26.4 Å². The molecule has 3 amide bonds. The summed E-state index contributed by atoms with van der Waals surface area (Å²) < 4.78 is 11.4. The third-order valence-corrected chi connectivity index (χ3v) is 6.57. The maximum atomic E-state index is 13.1. The van der Waals surface area contributed by atoms with E-state index in [9.17, 15) is 14.4 Å². The number of unbranched alkanes of at least 4 members (excludes halogenated alkanes) is 1. The second-order valence-corrected chi connectivity index (χ2v) is 9.54. The van der Waals surface area contributed by atoms with Crippen molar-refractivity contribution in [3.63, 3.8) is 0 Å². The quantitative estimate of drug-likeness (QED) is 0.266. The highest BCUT2D eigenvalue weighted by atomic mass is 35.5. The lowest BCUT2D eigenvalue weighted by atomic mass is 10.1. The van der Waals surface area contributed by atoms with Crippen LogP contribution in [0.5, 0.6) is 0 Å². The molecule has 2 saturated heterocycles. The zero-order chi connectivity index (χ0) is 24.8. The molecular weight excluding hydrogens is 479 g/mol. The normalized spacial score (nSPS) is 23.1. The Labute approximate surface area is 206 Å². The summed E-state index contributed by atoms with van der Waals surface area (Å²) in [4.78, 5) is 40.3. The van der Waals surface area contributed by atoms with Crippen LogP contribution in [0.15, 0.2) is 18.2 Å². The summed E-state index contributed by atoms with van der Waals surface area (Å²) >= 11 is 5.99. The van der Waals surface area contributed by atoms with E-state index in [1.807, 2.05) is 0 Å². The molecule has 2 heterocycles. The van der Waals surface area contributed by atoms with Crippen LogP contribution in [0.25, 0.3) is 0 Å². The molecule has 11 heteroatoms. The van der Waals surface area contributed by atoms with E-state index in [1.165, 1.54) is 23.1 Å². The van der Waals surface area contributed by atoms with Crippen LogP contribution < -0.4 is 16.4 Å². The summed E-state index contributed by atoms with van der Waals surface area (Å²) in [6, 6.07) is 2.74. The third kappa shape index (κ3) is 6.48. The fraction of sp³-hybridized carbons (Fsp3) is 0.565. The van der Waals surface area contributed by atoms with Gasteiger partial charge in [0, 0.05) is 25.1 Å². The van der Waals surface area contributed by atoms with Crippen LogP contribution in [0.1, 0.15) is 56.3 Å². The summed E-state index contributed by atoms with van der Waals surface area (Å²) in [5.74, 6) is -1.02. The van der Waals surface area contributed by atoms with E-state index in [0.29, 0.717) is 49.1 Å². The van der Waals surface area contributed by atoms with Crippen molar-refractivity contribution < 1.29 is 23.9 Å². The first-order valence-corrected chi connectivity index (χ1v) is 12.4. The van der Waals surface area contributed by atoms with Crippen molar-refractivity contribution in [1.82, 2.24) is 15.5 Å². The van der Waals surface area contributed by atoms with Crippen molar-refractivity contribution >= 4 is 49.4 Å². The molecule has 2 aliphatic rings. The molecule has 4 unspecified atom stereocenters. The van der Waals surface area contributed by atoms with Gasteiger partial charge in [-0.25, -0.2) is 0 Å². The number of amides is 3. The highest BCUT2D eigenvalue weighted by Crippen LogP contribution is 2.23. The molecule has 186 valence electrons. The highest BCUT2D eigenvalue weighted by Gasteiger charge is 2.40. The van der Waals surface area contributed by atoms with E-state index < -0.39 is 24.3 Å². The SMILES string of the molecule is CCCCOC1OC(=P)CC1NC(=O)C1CCCN1C(=O)C(C)NC(=O)c1ccc(N)c(Cl)c1. The van der Waals surface area contributed by atoms with Gasteiger partial charge in [-0.15, -0.1) is 0 Å². The number of hydrogen-bond acceptors (Lipinski definition) is 6. The molecule has 2 aliphatic heterocycles. The molecule has 0 aromatic heterocycles. The Balaban J connectivity index is 1.59. The van der Waals surface area contributed by atoms with Crippen LogP contribution >= 0.6 is 20.5 Å². The van der Waals surface area contributed by atoms with Crippen molar-refractivity contribution in [1.29, 1.82) is 0 Å². The van der Waals surface area contributed by atoms with Gasteiger partial charge in [-0.1, -0.05) is 33.8 Å². The molecule has 0 radical (unpaired) electrons. The molecule has 4 N–H and O–H groups in total. The third-order valence-electron chi connectivity index (χ3n) is 5.92. The number of halogens is 1. The molecule has 1 aromatic rings. The summed E-state index contributed by atoms with van der Waals surface area (Å²) in [5, 5.41) is 5.93. The Morgan fingerprint density at radius 3 is 2.85 bits per heavy atom. The molecule has 0 bridgehead atoms. The molecule has 2 fully saturated rings. The van der Waals surface area contributed by atoms with Crippen LogP contribution in [0.3, 0.4) is 0 Å². The highest BCUT2D eigenvalue weighted by molar-refractivity contribution is 7.20. The summed E-state index contributed by atoms with van der Waals surface area (Å²) in [7, 11) is 3.40. The molecule has 0 spiro atoms. The zero-order valence-electron chi connectivity index (χ0n) is 19.4. The predicted molar refractivity (Wildman–Crippen MR) is 133 cm³/mol. The number of ether oxygens (including phenoxy) is 2. The fourth-order valence-corrected chi connectivity index (χ4v) is 4.54. The van der Waals surface area contributed by atoms with Crippen LogP contribution in [0, 0.1) is 0 Å². The van der Waals surface area contributed by atoms with Crippen molar-refractivity contribution in [3.8, 4) is 0 Å². The van der Waals surface area contributed by atoms with E-state index in [4.69, 9.17) is 26.8 Å². The van der Waals surface area contributed by atoms with E-state index in [0.717, 1.165) is 12.8 Å². The first-order valence-electron chi connectivity index (χ1n) is 11.5. The average Bonchev–Trinajstić information content (AvgIpc) is 3.42. The Hall–Kier alpha value is -2.19. The average molecular weight is 511 g/mol. The van der Waals surface area contributed by atoms with Gasteiger partial charge in [0.2, 0.25) is 11.8 Å². The van der Waals surface area contributed by atoms with E-state index in [1.54, 1.807) is 6.92 Å². The minimum atomic E-state index is -0.820. The number of carbonyl (C=O) groups is 3. The van der Waals surface area contributed by atoms with Gasteiger partial charge in [-0.3, -0.25) is 14.4 Å². The van der Waals surface area contributed by atoms with E-state index >= 15 is 0 Å². The second kappa shape index (κ2) is 12.0. The standard InChI is InChI=1S/C23H32ClN4O5P/c1-3-4-10-32-23-17(12-19(34)33-23)27-21(30)18-6-5-9-28(18)22(31)13(2)26-20(29)14-7-8-16(25)15(24)11-14/h7-8,11,13,17-18,23,34H,3-6,9-10,12,25H2,1-2H3,(H,26,29)(H,27,30). The number of anilines is 1. The lowest BCUT2D eigenvalue weighted by molar-refractivity contribution is -0.141. The first-order chi connectivity index (χ1) is 16.2. The van der Waals surface area contributed by atoms with Crippen LogP contribution in [-0.4, -0.2) is 65.7 Å². The number of hydrogen-bond donors (Lipinski definition) is 3. The second-order valence-electron chi connectivity index (χ2n) is 8.57.